The Morgan fingerprint density at radius 3 is 2.34 bits per heavy atom. The molecular weight excluding hydrogens is 581 g/mol. The molecule has 3 aromatic carbocycles. The summed E-state index contributed by atoms with van der Waals surface area (Å²) in [6, 6.07) is 19.4. The van der Waals surface area contributed by atoms with Crippen LogP contribution in [0.15, 0.2) is 79.0 Å². The van der Waals surface area contributed by atoms with Crippen molar-refractivity contribution in [3.63, 3.8) is 0 Å². The van der Waals surface area contributed by atoms with E-state index in [1.165, 1.54) is 25.0 Å². The molecule has 3 heterocycles. The molecule has 2 saturated heterocycles. The van der Waals surface area contributed by atoms with Crippen molar-refractivity contribution < 1.29 is 41.7 Å². The fourth-order valence-corrected chi connectivity index (χ4v) is 5.47. The van der Waals surface area contributed by atoms with Crippen LogP contribution in [0, 0.1) is 17.5 Å². The highest BCUT2D eigenvalue weighted by Crippen LogP contribution is 2.44. The van der Waals surface area contributed by atoms with Crippen LogP contribution in [0.5, 0.6) is 0 Å². The van der Waals surface area contributed by atoms with E-state index >= 15 is 0 Å². The molecule has 1 amide bonds. The first-order valence-corrected chi connectivity index (χ1v) is 13.9. The van der Waals surface area contributed by atoms with Crippen LogP contribution in [0.3, 0.4) is 0 Å². The van der Waals surface area contributed by atoms with E-state index in [0.29, 0.717) is 0 Å². The summed E-state index contributed by atoms with van der Waals surface area (Å²) >= 11 is 0. The second-order valence-electron chi connectivity index (χ2n) is 10.3. The van der Waals surface area contributed by atoms with Crippen LogP contribution in [0.1, 0.15) is 23.5 Å². The lowest BCUT2D eigenvalue weighted by atomic mass is 9.92. The Morgan fingerprint density at radius 1 is 1.00 bits per heavy atom. The van der Waals surface area contributed by atoms with Gasteiger partial charge in [0, 0.05) is 25.3 Å². The van der Waals surface area contributed by atoms with Crippen molar-refractivity contribution in [2.45, 2.75) is 49.6 Å². The van der Waals surface area contributed by atoms with Crippen LogP contribution in [-0.4, -0.2) is 65.8 Å². The molecule has 0 aliphatic carbocycles. The van der Waals surface area contributed by atoms with Crippen molar-refractivity contribution in [2.75, 3.05) is 14.2 Å². The molecule has 1 N–H and O–H groups in total. The van der Waals surface area contributed by atoms with E-state index in [1.54, 1.807) is 0 Å². The third-order valence-electron chi connectivity index (χ3n) is 7.61. The van der Waals surface area contributed by atoms with Gasteiger partial charge in [-0.1, -0.05) is 65.9 Å². The van der Waals surface area contributed by atoms with Crippen LogP contribution in [0.25, 0.3) is 11.3 Å². The lowest BCUT2D eigenvalue weighted by Gasteiger charge is -2.43. The average Bonchev–Trinajstić information content (AvgIpc) is 3.71. The summed E-state index contributed by atoms with van der Waals surface area (Å²) < 4.78 is 74.1. The lowest BCUT2D eigenvalue weighted by Crippen LogP contribution is -2.61. The molecule has 0 radical (unpaired) electrons. The zero-order valence-corrected chi connectivity index (χ0v) is 23.7. The molecule has 13 heteroatoms. The fraction of sp³-hybridized carbons (Fsp3) is 0.323. The third kappa shape index (κ3) is 5.84. The number of carbonyl (C=O) groups is 1. The van der Waals surface area contributed by atoms with Crippen LogP contribution < -0.4 is 5.32 Å². The Morgan fingerprint density at radius 2 is 1.68 bits per heavy atom. The zero-order valence-electron chi connectivity index (χ0n) is 23.7. The molecule has 230 valence electrons. The molecule has 0 spiro atoms. The van der Waals surface area contributed by atoms with Gasteiger partial charge in [-0.3, -0.25) is 4.79 Å². The summed E-state index contributed by atoms with van der Waals surface area (Å²) in [7, 11) is 2.93. The minimum absolute atomic E-state index is 0.0260. The number of rotatable bonds is 9. The molecule has 2 aliphatic heterocycles. The normalized spacial score (nSPS) is 25.4. The first-order valence-electron chi connectivity index (χ1n) is 13.9. The zero-order chi connectivity index (χ0) is 30.8. The summed E-state index contributed by atoms with van der Waals surface area (Å²) in [4.78, 5) is 13.2. The summed E-state index contributed by atoms with van der Waals surface area (Å²) in [5.41, 5.74) is 1.61. The second-order valence-corrected chi connectivity index (χ2v) is 10.3. The monoisotopic (exact) mass is 610 g/mol. The van der Waals surface area contributed by atoms with E-state index in [9.17, 15) is 18.0 Å². The van der Waals surface area contributed by atoms with Gasteiger partial charge in [0.05, 0.1) is 12.8 Å². The van der Waals surface area contributed by atoms with Crippen molar-refractivity contribution in [2.24, 2.45) is 0 Å². The third-order valence-corrected chi connectivity index (χ3v) is 7.61. The Balaban J connectivity index is 1.37. The molecule has 5 unspecified atom stereocenters. The van der Waals surface area contributed by atoms with E-state index in [1.807, 2.05) is 60.7 Å². The minimum Gasteiger partial charge on any atom is -0.376 e. The van der Waals surface area contributed by atoms with Gasteiger partial charge in [0.15, 0.2) is 36.1 Å². The van der Waals surface area contributed by atoms with E-state index < -0.39 is 66.4 Å². The van der Waals surface area contributed by atoms with Gasteiger partial charge in [0.2, 0.25) is 0 Å². The number of methoxy groups -OCH3 is 1. The fourth-order valence-electron chi connectivity index (χ4n) is 5.47. The Labute approximate surface area is 250 Å². The van der Waals surface area contributed by atoms with Gasteiger partial charge in [-0.05, 0) is 17.7 Å². The number of benzene rings is 3. The molecule has 10 nitrogen and oxygen atoms in total. The number of ether oxygens (including phenoxy) is 5. The number of hydrogen-bond donors (Lipinski definition) is 1. The maximum absolute atomic E-state index is 14.0. The number of carbonyl (C=O) groups excluding carboxylic acids is 1. The molecule has 6 rings (SSSR count). The number of aromatic nitrogens is 3. The number of halogens is 3. The molecule has 2 fully saturated rings. The van der Waals surface area contributed by atoms with Crippen LogP contribution in [0.2, 0.25) is 0 Å². The maximum atomic E-state index is 14.0. The van der Waals surface area contributed by atoms with Gasteiger partial charge in [-0.25, -0.2) is 17.9 Å². The largest absolute Gasteiger partial charge is 0.376 e. The standard InChI is InChI=1S/C31H29F3N4O6/c1-35-29(39)28(41-16-17-9-5-3-6-10-17)27-25(40-2)24(26-31(43-27)44-30(42-26)18-11-7-4-8-12-18)38-15-22(36-37-38)19-13-20(32)23(34)21(33)14-19/h3-15,24-28,30-31H,16H2,1-2H3,(H,35,39)/t24?,25?,26-,27?,28+,30?,31?/m1/s1. The molecule has 0 bridgehead atoms. The van der Waals surface area contributed by atoms with Crippen LogP contribution >= 0.6 is 0 Å². The predicted octanol–water partition coefficient (Wildman–Crippen LogP) is 4.09. The highest BCUT2D eigenvalue weighted by molar-refractivity contribution is 5.81. The SMILES string of the molecule is CNC(=O)[C@@H](OCc1ccccc1)C1OC2OC(c3ccccc3)O[C@@H]2C(n2cc(-c3cc(F)c(F)c(F)c3)nn2)C1OC. The Bertz CT molecular complexity index is 1570. The molecule has 44 heavy (non-hydrogen) atoms. The van der Waals surface area contributed by atoms with Crippen molar-refractivity contribution in [3.8, 4) is 11.3 Å². The molecule has 7 atom stereocenters. The summed E-state index contributed by atoms with van der Waals surface area (Å²) in [6.07, 6.45) is -4.31. The van der Waals surface area contributed by atoms with Crippen LogP contribution in [0.4, 0.5) is 13.2 Å². The van der Waals surface area contributed by atoms with Gasteiger partial charge >= 0.3 is 0 Å². The van der Waals surface area contributed by atoms with Crippen LogP contribution in [-0.2, 0) is 35.1 Å². The summed E-state index contributed by atoms with van der Waals surface area (Å²) in [5, 5.41) is 10.9. The molecular formula is C31H29F3N4O6. The lowest BCUT2D eigenvalue weighted by molar-refractivity contribution is -0.260. The smallest absolute Gasteiger partial charge is 0.251 e. The van der Waals surface area contributed by atoms with Gasteiger partial charge in [-0.15, -0.1) is 5.10 Å². The Kier molecular flexibility index (Phi) is 8.73. The molecule has 1 aromatic heterocycles. The average molecular weight is 611 g/mol. The number of hydrogen-bond acceptors (Lipinski definition) is 8. The van der Waals surface area contributed by atoms with Crippen molar-refractivity contribution in [3.05, 3.63) is 108 Å². The van der Waals surface area contributed by atoms with Gasteiger partial charge in [0.25, 0.3) is 5.91 Å². The second kappa shape index (κ2) is 12.8. The molecule has 2 aliphatic rings. The van der Waals surface area contributed by atoms with E-state index in [2.05, 4.69) is 15.6 Å². The predicted molar refractivity (Wildman–Crippen MR) is 148 cm³/mol. The highest BCUT2D eigenvalue weighted by atomic mass is 19.2. The molecule has 0 saturated carbocycles. The maximum Gasteiger partial charge on any atom is 0.251 e. The number of nitrogens with one attached hydrogen (secondary N) is 1. The van der Waals surface area contributed by atoms with Crippen molar-refractivity contribution in [1.82, 2.24) is 20.3 Å². The first kappa shape index (κ1) is 29.9. The van der Waals surface area contributed by atoms with E-state index in [0.717, 1.165) is 23.3 Å². The minimum atomic E-state index is -1.59. The first-order chi connectivity index (χ1) is 21.4. The van der Waals surface area contributed by atoms with Gasteiger partial charge in [0.1, 0.15) is 30.0 Å². The molecule has 4 aromatic rings. The number of likely N-dealkylation sites (N-methyl/N-ethyl adjacent to an activating group) is 1. The quantitative estimate of drug-likeness (QED) is 0.283. The number of nitrogens with zero attached hydrogens (tertiary/aromatic N) is 3. The van der Waals surface area contributed by atoms with E-state index in [-0.39, 0.29) is 17.9 Å². The summed E-state index contributed by atoms with van der Waals surface area (Å²) in [6.45, 7) is 0.104. The summed E-state index contributed by atoms with van der Waals surface area (Å²) in [5.74, 6) is -4.77. The number of amides is 1. The van der Waals surface area contributed by atoms with E-state index in [4.69, 9.17) is 23.7 Å². The van der Waals surface area contributed by atoms with Crippen molar-refractivity contribution in [1.29, 1.82) is 0 Å². The highest BCUT2D eigenvalue weighted by Gasteiger charge is 2.57. The van der Waals surface area contributed by atoms with Gasteiger partial charge in [-0.2, -0.15) is 0 Å². The van der Waals surface area contributed by atoms with Gasteiger partial charge < -0.3 is 29.0 Å². The Hall–Kier alpha value is -4.14. The number of fused-ring (bicyclic) bond motifs is 1. The topological polar surface area (TPSA) is 106 Å². The van der Waals surface area contributed by atoms with Crippen molar-refractivity contribution >= 4 is 5.91 Å².